The number of likely N-dealkylation sites (N-methyl/N-ethyl adjacent to an activating group) is 1. The molecule has 0 aliphatic carbocycles. The highest BCUT2D eigenvalue weighted by Gasteiger charge is 2.25. The highest BCUT2D eigenvalue weighted by molar-refractivity contribution is 6.30. The second kappa shape index (κ2) is 9.87. The molecule has 1 aliphatic heterocycles. The number of halogens is 1. The predicted octanol–water partition coefficient (Wildman–Crippen LogP) is 2.81. The van der Waals surface area contributed by atoms with Crippen molar-refractivity contribution in [2.45, 2.75) is 6.42 Å². The van der Waals surface area contributed by atoms with Crippen molar-refractivity contribution in [1.82, 2.24) is 14.7 Å². The molecule has 1 saturated heterocycles. The van der Waals surface area contributed by atoms with E-state index in [4.69, 9.17) is 11.6 Å². The second-order valence-electron chi connectivity index (χ2n) is 7.59. The van der Waals surface area contributed by atoms with Crippen LogP contribution in [0.5, 0.6) is 0 Å². The maximum absolute atomic E-state index is 13.3. The Morgan fingerprint density at radius 1 is 0.900 bits per heavy atom. The van der Waals surface area contributed by atoms with E-state index in [9.17, 15) is 14.4 Å². The molecule has 3 rings (SSSR count). The smallest absolute Gasteiger partial charge is 0.254 e. The average molecular weight is 428 g/mol. The van der Waals surface area contributed by atoms with Gasteiger partial charge < -0.3 is 9.80 Å². The lowest BCUT2D eigenvalue weighted by Crippen LogP contribution is -2.39. The summed E-state index contributed by atoms with van der Waals surface area (Å²) in [5.41, 5.74) is 1.27. The van der Waals surface area contributed by atoms with Crippen molar-refractivity contribution in [1.29, 1.82) is 0 Å². The van der Waals surface area contributed by atoms with Crippen LogP contribution in [-0.4, -0.2) is 79.1 Å². The monoisotopic (exact) mass is 427 g/mol. The van der Waals surface area contributed by atoms with Crippen LogP contribution in [0.2, 0.25) is 5.02 Å². The minimum Gasteiger partial charge on any atom is -0.348 e. The molecule has 0 spiro atoms. The van der Waals surface area contributed by atoms with E-state index >= 15 is 0 Å². The zero-order valence-electron chi connectivity index (χ0n) is 17.3. The summed E-state index contributed by atoms with van der Waals surface area (Å²) in [6, 6.07) is 13.6. The third-order valence-electron chi connectivity index (χ3n) is 5.24. The van der Waals surface area contributed by atoms with E-state index in [2.05, 4.69) is 4.90 Å². The molecule has 30 heavy (non-hydrogen) atoms. The Labute approximate surface area is 182 Å². The third-order valence-corrected chi connectivity index (χ3v) is 5.49. The summed E-state index contributed by atoms with van der Waals surface area (Å²) >= 11 is 5.92. The van der Waals surface area contributed by atoms with Crippen LogP contribution in [0, 0.1) is 0 Å². The van der Waals surface area contributed by atoms with Gasteiger partial charge in [-0.25, -0.2) is 0 Å². The molecular weight excluding hydrogens is 402 g/mol. The minimum atomic E-state index is -0.205. The van der Waals surface area contributed by atoms with Crippen LogP contribution in [0.4, 0.5) is 0 Å². The molecule has 6 nitrogen and oxygen atoms in total. The molecule has 2 aromatic rings. The summed E-state index contributed by atoms with van der Waals surface area (Å²) in [6.45, 7) is 2.84. The number of carbonyl (C=O) groups is 3. The molecule has 1 heterocycles. The van der Waals surface area contributed by atoms with E-state index in [0.717, 1.165) is 13.0 Å². The lowest BCUT2D eigenvalue weighted by atomic mass is 9.97. The number of benzene rings is 2. The molecule has 1 fully saturated rings. The van der Waals surface area contributed by atoms with Crippen molar-refractivity contribution in [3.63, 3.8) is 0 Å². The second-order valence-corrected chi connectivity index (χ2v) is 8.03. The fourth-order valence-electron chi connectivity index (χ4n) is 3.46. The van der Waals surface area contributed by atoms with Gasteiger partial charge in [-0.05, 0) is 36.8 Å². The normalized spacial score (nSPS) is 14.8. The van der Waals surface area contributed by atoms with Crippen LogP contribution >= 0.6 is 11.6 Å². The summed E-state index contributed by atoms with van der Waals surface area (Å²) < 4.78 is 0. The third kappa shape index (κ3) is 5.26. The molecule has 0 bridgehead atoms. The van der Waals surface area contributed by atoms with Crippen LogP contribution in [-0.2, 0) is 4.79 Å². The summed E-state index contributed by atoms with van der Waals surface area (Å²) in [5, 5.41) is 0.554. The van der Waals surface area contributed by atoms with E-state index < -0.39 is 0 Å². The van der Waals surface area contributed by atoms with Gasteiger partial charge in [0.25, 0.3) is 5.91 Å². The van der Waals surface area contributed by atoms with E-state index in [-0.39, 0.29) is 17.6 Å². The van der Waals surface area contributed by atoms with Crippen LogP contribution in [0.1, 0.15) is 32.7 Å². The van der Waals surface area contributed by atoms with Gasteiger partial charge in [-0.2, -0.15) is 0 Å². The van der Waals surface area contributed by atoms with Crippen LogP contribution in [0.25, 0.3) is 0 Å². The van der Waals surface area contributed by atoms with Gasteiger partial charge in [-0.3, -0.25) is 19.3 Å². The largest absolute Gasteiger partial charge is 0.348 e. The SMILES string of the molecule is CN(C)C(=O)CN1CCCN(C(=O)c2ccccc2C(=O)c2ccc(Cl)cc2)CC1. The van der Waals surface area contributed by atoms with Gasteiger partial charge in [0.05, 0.1) is 12.1 Å². The standard InChI is InChI=1S/C23H26ClN3O3/c1-25(2)21(28)16-26-12-5-13-27(15-14-26)23(30)20-7-4-3-6-19(20)22(29)17-8-10-18(24)11-9-17/h3-4,6-11H,5,12-16H2,1-2H3. The van der Waals surface area contributed by atoms with E-state index in [1.165, 1.54) is 0 Å². The topological polar surface area (TPSA) is 60.9 Å². The molecule has 1 aliphatic rings. The quantitative estimate of drug-likeness (QED) is 0.688. The first kappa shape index (κ1) is 22.0. The Balaban J connectivity index is 1.75. The number of ketones is 1. The van der Waals surface area contributed by atoms with Crippen molar-refractivity contribution < 1.29 is 14.4 Å². The molecule has 2 aromatic carbocycles. The Hall–Kier alpha value is -2.70. The highest BCUT2D eigenvalue weighted by Crippen LogP contribution is 2.19. The maximum Gasteiger partial charge on any atom is 0.254 e. The molecule has 0 atom stereocenters. The van der Waals surface area contributed by atoms with Crippen molar-refractivity contribution in [3.05, 3.63) is 70.2 Å². The molecular formula is C23H26ClN3O3. The van der Waals surface area contributed by atoms with Crippen molar-refractivity contribution in [2.24, 2.45) is 0 Å². The minimum absolute atomic E-state index is 0.0497. The van der Waals surface area contributed by atoms with Gasteiger partial charge in [-0.1, -0.05) is 29.8 Å². The lowest BCUT2D eigenvalue weighted by molar-refractivity contribution is -0.129. The van der Waals surface area contributed by atoms with Gasteiger partial charge >= 0.3 is 0 Å². The number of rotatable bonds is 5. The van der Waals surface area contributed by atoms with Gasteiger partial charge in [-0.15, -0.1) is 0 Å². The van der Waals surface area contributed by atoms with Gasteiger partial charge in [0.1, 0.15) is 0 Å². The fourth-order valence-corrected chi connectivity index (χ4v) is 3.59. The summed E-state index contributed by atoms with van der Waals surface area (Å²) in [6.07, 6.45) is 0.778. The van der Waals surface area contributed by atoms with Crippen molar-refractivity contribution in [3.8, 4) is 0 Å². The Morgan fingerprint density at radius 2 is 1.57 bits per heavy atom. The molecule has 0 unspecified atom stereocenters. The van der Waals surface area contributed by atoms with Crippen molar-refractivity contribution in [2.75, 3.05) is 46.8 Å². The number of hydrogen-bond donors (Lipinski definition) is 0. The predicted molar refractivity (Wildman–Crippen MR) is 117 cm³/mol. The molecule has 2 amide bonds. The molecule has 0 saturated carbocycles. The zero-order chi connectivity index (χ0) is 21.7. The zero-order valence-corrected chi connectivity index (χ0v) is 18.1. The summed E-state index contributed by atoms with van der Waals surface area (Å²) in [4.78, 5) is 43.7. The van der Waals surface area contributed by atoms with Crippen molar-refractivity contribution >= 4 is 29.2 Å². The molecule has 7 heteroatoms. The van der Waals surface area contributed by atoms with E-state index in [1.807, 2.05) is 0 Å². The number of hydrogen-bond acceptors (Lipinski definition) is 4. The van der Waals surface area contributed by atoms with Crippen LogP contribution < -0.4 is 0 Å². The Bertz CT molecular complexity index is 928. The van der Waals surface area contributed by atoms with Crippen LogP contribution in [0.15, 0.2) is 48.5 Å². The lowest BCUT2D eigenvalue weighted by Gasteiger charge is -2.23. The van der Waals surface area contributed by atoms with Crippen LogP contribution in [0.3, 0.4) is 0 Å². The average Bonchev–Trinajstić information content (AvgIpc) is 2.98. The van der Waals surface area contributed by atoms with Gasteiger partial charge in [0, 0.05) is 56.4 Å². The molecule has 0 N–H and O–H groups in total. The first-order chi connectivity index (χ1) is 14.4. The maximum atomic E-state index is 13.3. The highest BCUT2D eigenvalue weighted by atomic mass is 35.5. The first-order valence-corrected chi connectivity index (χ1v) is 10.4. The Morgan fingerprint density at radius 3 is 2.23 bits per heavy atom. The molecule has 158 valence electrons. The van der Waals surface area contributed by atoms with Gasteiger partial charge in [0.2, 0.25) is 5.91 Å². The number of nitrogens with zero attached hydrogens (tertiary/aromatic N) is 3. The first-order valence-electron chi connectivity index (χ1n) is 9.98. The Kier molecular flexibility index (Phi) is 7.24. The number of carbonyl (C=O) groups excluding carboxylic acids is 3. The molecule has 0 aromatic heterocycles. The molecule has 0 radical (unpaired) electrons. The van der Waals surface area contributed by atoms with E-state index in [1.54, 1.807) is 72.4 Å². The number of amides is 2. The fraction of sp³-hybridized carbons (Fsp3) is 0.348. The summed E-state index contributed by atoms with van der Waals surface area (Å²) in [5.74, 6) is -0.314. The van der Waals surface area contributed by atoms with E-state index in [0.29, 0.717) is 47.9 Å². The summed E-state index contributed by atoms with van der Waals surface area (Å²) in [7, 11) is 3.48. The van der Waals surface area contributed by atoms with Gasteiger partial charge in [0.15, 0.2) is 5.78 Å².